The van der Waals surface area contributed by atoms with Crippen molar-refractivity contribution in [1.29, 1.82) is 0 Å². The minimum Gasteiger partial charge on any atom is -0.377 e. The van der Waals surface area contributed by atoms with Crippen LogP contribution in [0.3, 0.4) is 0 Å². The number of hydrogen-bond donors (Lipinski definition) is 0. The molecule has 5 nitrogen and oxygen atoms in total. The second-order valence-corrected chi connectivity index (χ2v) is 8.03. The maximum atomic E-state index is 5.79. The number of para-hydroxylation sites is 1. The number of rotatable bonds is 6. The number of hydrogen-bond acceptors (Lipinski definition) is 5. The van der Waals surface area contributed by atoms with E-state index >= 15 is 0 Å². The average molecular weight is 381 g/mol. The molecule has 27 heavy (non-hydrogen) atoms. The molecule has 6 heteroatoms. The van der Waals surface area contributed by atoms with Crippen LogP contribution in [0.1, 0.15) is 38.2 Å². The van der Waals surface area contributed by atoms with E-state index in [1.165, 1.54) is 5.56 Å². The van der Waals surface area contributed by atoms with E-state index in [9.17, 15) is 0 Å². The lowest BCUT2D eigenvalue weighted by Crippen LogP contribution is -2.10. The molecule has 0 amide bonds. The van der Waals surface area contributed by atoms with Gasteiger partial charge in [0.2, 0.25) is 0 Å². The van der Waals surface area contributed by atoms with Crippen LogP contribution < -0.4 is 0 Å². The van der Waals surface area contributed by atoms with Gasteiger partial charge in [-0.2, -0.15) is 0 Å². The summed E-state index contributed by atoms with van der Waals surface area (Å²) in [7, 11) is 0. The molecule has 0 bridgehead atoms. The molecule has 4 rings (SSSR count). The van der Waals surface area contributed by atoms with Gasteiger partial charge in [0.25, 0.3) is 0 Å². The Kier molecular flexibility index (Phi) is 5.55. The highest BCUT2D eigenvalue weighted by Gasteiger charge is 2.22. The predicted molar refractivity (Wildman–Crippen MR) is 108 cm³/mol. The Balaban J connectivity index is 1.77. The van der Waals surface area contributed by atoms with Gasteiger partial charge in [0.15, 0.2) is 11.0 Å². The predicted octanol–water partition coefficient (Wildman–Crippen LogP) is 4.72. The molecule has 3 aromatic rings. The van der Waals surface area contributed by atoms with Crippen LogP contribution in [-0.4, -0.2) is 38.2 Å². The van der Waals surface area contributed by atoms with Crippen LogP contribution >= 0.6 is 11.8 Å². The summed E-state index contributed by atoms with van der Waals surface area (Å²) in [5, 5.41) is 9.94. The van der Waals surface area contributed by atoms with Crippen molar-refractivity contribution in [2.45, 2.75) is 43.9 Å². The van der Waals surface area contributed by atoms with Crippen molar-refractivity contribution in [3.8, 4) is 17.1 Å². The zero-order valence-electron chi connectivity index (χ0n) is 15.7. The van der Waals surface area contributed by atoms with Crippen molar-refractivity contribution in [1.82, 2.24) is 19.7 Å². The number of ether oxygens (including phenoxy) is 1. The van der Waals surface area contributed by atoms with E-state index < -0.39 is 0 Å². The van der Waals surface area contributed by atoms with Crippen LogP contribution in [0, 0.1) is 0 Å². The Morgan fingerprint density at radius 1 is 1.19 bits per heavy atom. The second-order valence-electron chi connectivity index (χ2n) is 7.04. The highest BCUT2D eigenvalue weighted by atomic mass is 32.2. The zero-order valence-corrected chi connectivity index (χ0v) is 16.5. The molecule has 1 fully saturated rings. The lowest BCUT2D eigenvalue weighted by atomic mass is 10.0. The van der Waals surface area contributed by atoms with E-state index in [2.05, 4.69) is 57.9 Å². The van der Waals surface area contributed by atoms with Crippen molar-refractivity contribution < 1.29 is 4.74 Å². The van der Waals surface area contributed by atoms with Gasteiger partial charge in [-0.3, -0.25) is 9.55 Å². The largest absolute Gasteiger partial charge is 0.377 e. The van der Waals surface area contributed by atoms with Crippen LogP contribution in [0.4, 0.5) is 0 Å². The van der Waals surface area contributed by atoms with Crippen molar-refractivity contribution in [2.75, 3.05) is 12.4 Å². The minimum atomic E-state index is 0.308. The monoisotopic (exact) mass is 380 g/mol. The smallest absolute Gasteiger partial charge is 0.196 e. The molecule has 0 N–H and O–H groups in total. The standard InChI is InChI=1S/C21H24N4OS/c1-15(2)18-9-3-4-10-19(18)25-20(16-7-5-11-22-13-16)23-24-21(25)27-14-17-8-6-12-26-17/h3-5,7,9-11,13,15,17H,6,8,12,14H2,1-2H3. The summed E-state index contributed by atoms with van der Waals surface area (Å²) in [5.41, 5.74) is 3.38. The fraction of sp³-hybridized carbons (Fsp3) is 0.381. The van der Waals surface area contributed by atoms with Gasteiger partial charge in [0.05, 0.1) is 11.8 Å². The molecule has 0 spiro atoms. The molecule has 0 radical (unpaired) electrons. The lowest BCUT2D eigenvalue weighted by Gasteiger charge is -2.17. The first kappa shape index (κ1) is 18.2. The van der Waals surface area contributed by atoms with Gasteiger partial charge >= 0.3 is 0 Å². The molecular weight excluding hydrogens is 356 g/mol. The highest BCUT2D eigenvalue weighted by molar-refractivity contribution is 7.99. The molecule has 1 aliphatic rings. The van der Waals surface area contributed by atoms with Crippen LogP contribution in [0.5, 0.6) is 0 Å². The number of benzene rings is 1. The Morgan fingerprint density at radius 2 is 2.07 bits per heavy atom. The molecule has 1 aliphatic heterocycles. The minimum absolute atomic E-state index is 0.308. The molecule has 1 aromatic carbocycles. The van der Waals surface area contributed by atoms with E-state index in [1.807, 2.05) is 18.3 Å². The molecule has 1 saturated heterocycles. The van der Waals surface area contributed by atoms with Crippen LogP contribution in [-0.2, 0) is 4.74 Å². The van der Waals surface area contributed by atoms with E-state index in [0.717, 1.165) is 47.4 Å². The van der Waals surface area contributed by atoms with Crippen molar-refractivity contribution >= 4 is 11.8 Å². The van der Waals surface area contributed by atoms with Crippen molar-refractivity contribution in [3.63, 3.8) is 0 Å². The summed E-state index contributed by atoms with van der Waals surface area (Å²) in [6.07, 6.45) is 6.20. The summed E-state index contributed by atoms with van der Waals surface area (Å²) in [4.78, 5) is 4.26. The highest BCUT2D eigenvalue weighted by Crippen LogP contribution is 2.32. The Hall–Kier alpha value is -2.18. The fourth-order valence-corrected chi connectivity index (χ4v) is 4.40. The van der Waals surface area contributed by atoms with Gasteiger partial charge < -0.3 is 4.74 Å². The van der Waals surface area contributed by atoms with Crippen LogP contribution in [0.15, 0.2) is 53.9 Å². The number of aromatic nitrogens is 4. The van der Waals surface area contributed by atoms with Gasteiger partial charge in [0.1, 0.15) is 0 Å². The number of thioether (sulfide) groups is 1. The molecule has 3 heterocycles. The molecular formula is C21H24N4OS. The Bertz CT molecular complexity index is 888. The summed E-state index contributed by atoms with van der Waals surface area (Å²) >= 11 is 1.72. The molecule has 0 saturated carbocycles. The third kappa shape index (κ3) is 3.92. The zero-order chi connectivity index (χ0) is 18.6. The average Bonchev–Trinajstić information content (AvgIpc) is 3.36. The van der Waals surface area contributed by atoms with Crippen LogP contribution in [0.25, 0.3) is 17.1 Å². The maximum Gasteiger partial charge on any atom is 0.196 e. The first-order valence-electron chi connectivity index (χ1n) is 9.43. The Morgan fingerprint density at radius 3 is 2.81 bits per heavy atom. The third-order valence-corrected chi connectivity index (χ3v) is 5.84. The summed E-state index contributed by atoms with van der Waals surface area (Å²) < 4.78 is 7.96. The number of nitrogens with zero attached hydrogens (tertiary/aromatic N) is 4. The maximum absolute atomic E-state index is 5.79. The SMILES string of the molecule is CC(C)c1ccccc1-n1c(SCC2CCCO2)nnc1-c1cccnc1. The summed E-state index contributed by atoms with van der Waals surface area (Å²) in [6, 6.07) is 12.5. The summed E-state index contributed by atoms with van der Waals surface area (Å²) in [6.45, 7) is 5.30. The number of pyridine rings is 1. The first-order valence-corrected chi connectivity index (χ1v) is 10.4. The molecule has 2 aromatic heterocycles. The second kappa shape index (κ2) is 8.23. The third-order valence-electron chi connectivity index (χ3n) is 4.78. The quantitative estimate of drug-likeness (QED) is 0.579. The van der Waals surface area contributed by atoms with Crippen molar-refractivity contribution in [2.24, 2.45) is 0 Å². The van der Waals surface area contributed by atoms with Gasteiger partial charge in [-0.15, -0.1) is 10.2 Å². The molecule has 1 atom stereocenters. The van der Waals surface area contributed by atoms with E-state index in [-0.39, 0.29) is 0 Å². The molecule has 140 valence electrons. The normalized spacial score (nSPS) is 16.9. The topological polar surface area (TPSA) is 52.8 Å². The fourth-order valence-electron chi connectivity index (χ4n) is 3.39. The van der Waals surface area contributed by atoms with Gasteiger partial charge in [-0.05, 0) is 42.5 Å². The summed E-state index contributed by atoms with van der Waals surface area (Å²) in [5.74, 6) is 2.13. The van der Waals surface area contributed by atoms with Crippen LogP contribution in [0.2, 0.25) is 0 Å². The van der Waals surface area contributed by atoms with E-state index in [1.54, 1.807) is 18.0 Å². The van der Waals surface area contributed by atoms with E-state index in [4.69, 9.17) is 4.74 Å². The van der Waals surface area contributed by atoms with Crippen molar-refractivity contribution in [3.05, 3.63) is 54.4 Å². The molecule has 0 aliphatic carbocycles. The van der Waals surface area contributed by atoms with E-state index in [0.29, 0.717) is 12.0 Å². The van der Waals surface area contributed by atoms with Gasteiger partial charge in [0, 0.05) is 30.3 Å². The Labute approximate surface area is 164 Å². The first-order chi connectivity index (χ1) is 13.2. The molecule has 1 unspecified atom stereocenters. The van der Waals surface area contributed by atoms with Gasteiger partial charge in [-0.25, -0.2) is 0 Å². The van der Waals surface area contributed by atoms with Gasteiger partial charge in [-0.1, -0.05) is 43.8 Å². The lowest BCUT2D eigenvalue weighted by molar-refractivity contribution is 0.129.